The van der Waals surface area contributed by atoms with E-state index in [-0.39, 0.29) is 0 Å². The van der Waals surface area contributed by atoms with Gasteiger partial charge in [0.1, 0.15) is 4.60 Å². The van der Waals surface area contributed by atoms with Crippen molar-refractivity contribution in [3.8, 4) is 0 Å². The quantitative estimate of drug-likeness (QED) is 0.882. The van der Waals surface area contributed by atoms with Gasteiger partial charge in [-0.1, -0.05) is 0 Å². The third-order valence-electron chi connectivity index (χ3n) is 2.28. The monoisotopic (exact) mass is 262 g/mol. The van der Waals surface area contributed by atoms with Gasteiger partial charge in [-0.15, -0.1) is 11.3 Å². The van der Waals surface area contributed by atoms with Gasteiger partial charge in [-0.3, -0.25) is 0 Å². The molecule has 0 aromatic carbocycles. The molecule has 1 aliphatic rings. The number of aliphatic hydroxyl groups excluding tert-OH is 1. The van der Waals surface area contributed by atoms with Crippen LogP contribution in [0.3, 0.4) is 0 Å². The highest BCUT2D eigenvalue weighted by Crippen LogP contribution is 2.28. The van der Waals surface area contributed by atoms with Crippen molar-refractivity contribution in [1.82, 2.24) is 4.98 Å². The van der Waals surface area contributed by atoms with Crippen LogP contribution in [0.15, 0.2) is 9.98 Å². The summed E-state index contributed by atoms with van der Waals surface area (Å²) in [6.07, 6.45) is 1.08. The number of hydrogen-bond acceptors (Lipinski definition) is 4. The summed E-state index contributed by atoms with van der Waals surface area (Å²) >= 11 is 4.98. The average Bonchev–Trinajstić information content (AvgIpc) is 2.71. The second-order valence-electron chi connectivity index (χ2n) is 3.24. The fraction of sp³-hybridized carbons (Fsp3) is 0.625. The van der Waals surface area contributed by atoms with E-state index in [1.54, 1.807) is 11.3 Å². The predicted octanol–water partition coefficient (Wildman–Crippen LogP) is 1.72. The molecular formula is C8H11BrN2OS. The summed E-state index contributed by atoms with van der Waals surface area (Å²) in [5.74, 6) is 0.433. The number of aliphatic hydroxyl groups is 1. The van der Waals surface area contributed by atoms with Crippen molar-refractivity contribution in [2.45, 2.75) is 6.42 Å². The summed E-state index contributed by atoms with van der Waals surface area (Å²) in [7, 11) is 0. The maximum absolute atomic E-state index is 8.98. The van der Waals surface area contributed by atoms with E-state index in [1.807, 2.05) is 5.38 Å². The average molecular weight is 263 g/mol. The van der Waals surface area contributed by atoms with Crippen LogP contribution in [0.4, 0.5) is 5.13 Å². The van der Waals surface area contributed by atoms with E-state index in [4.69, 9.17) is 5.11 Å². The van der Waals surface area contributed by atoms with Gasteiger partial charge in [0.15, 0.2) is 5.13 Å². The molecule has 0 spiro atoms. The zero-order valence-electron chi connectivity index (χ0n) is 7.11. The van der Waals surface area contributed by atoms with Crippen LogP contribution in [0.1, 0.15) is 6.42 Å². The molecule has 13 heavy (non-hydrogen) atoms. The van der Waals surface area contributed by atoms with Crippen LogP contribution >= 0.6 is 27.3 Å². The van der Waals surface area contributed by atoms with E-state index in [1.165, 1.54) is 0 Å². The van der Waals surface area contributed by atoms with E-state index in [0.717, 1.165) is 29.2 Å². The van der Waals surface area contributed by atoms with Gasteiger partial charge in [0.2, 0.25) is 0 Å². The van der Waals surface area contributed by atoms with Gasteiger partial charge in [-0.2, -0.15) is 0 Å². The third-order valence-corrected chi connectivity index (χ3v) is 3.89. The van der Waals surface area contributed by atoms with Gasteiger partial charge in [-0.05, 0) is 22.4 Å². The van der Waals surface area contributed by atoms with Crippen molar-refractivity contribution >= 4 is 32.4 Å². The Morgan fingerprint density at radius 3 is 3.15 bits per heavy atom. The normalized spacial score (nSPS) is 22.6. The van der Waals surface area contributed by atoms with Gasteiger partial charge >= 0.3 is 0 Å². The number of anilines is 1. The molecule has 0 bridgehead atoms. The SMILES string of the molecule is OCC1CCN(c2nc(Br)cs2)C1. The van der Waals surface area contributed by atoms with E-state index < -0.39 is 0 Å². The fourth-order valence-corrected chi connectivity index (χ4v) is 2.83. The lowest BCUT2D eigenvalue weighted by Crippen LogP contribution is -2.20. The topological polar surface area (TPSA) is 36.4 Å². The van der Waals surface area contributed by atoms with E-state index >= 15 is 0 Å². The lowest BCUT2D eigenvalue weighted by molar-refractivity contribution is 0.238. The second-order valence-corrected chi connectivity index (χ2v) is 4.89. The first-order valence-corrected chi connectivity index (χ1v) is 5.93. The van der Waals surface area contributed by atoms with Gasteiger partial charge in [-0.25, -0.2) is 4.98 Å². The minimum absolute atomic E-state index is 0.295. The third kappa shape index (κ3) is 2.03. The molecule has 3 nitrogen and oxygen atoms in total. The van der Waals surface area contributed by atoms with Gasteiger partial charge in [0, 0.05) is 31.0 Å². The van der Waals surface area contributed by atoms with Crippen molar-refractivity contribution in [1.29, 1.82) is 0 Å². The molecule has 0 radical (unpaired) electrons. The summed E-state index contributed by atoms with van der Waals surface area (Å²) in [5, 5.41) is 12.0. The molecule has 5 heteroatoms. The number of halogens is 1. The number of rotatable bonds is 2. The molecule has 72 valence electrons. The van der Waals surface area contributed by atoms with E-state index in [2.05, 4.69) is 25.8 Å². The molecule has 1 aromatic heterocycles. The largest absolute Gasteiger partial charge is 0.396 e. The Hall–Kier alpha value is -0.130. The first-order valence-electron chi connectivity index (χ1n) is 4.26. The van der Waals surface area contributed by atoms with Crippen molar-refractivity contribution in [3.63, 3.8) is 0 Å². The fourth-order valence-electron chi connectivity index (χ4n) is 1.55. The van der Waals surface area contributed by atoms with Crippen molar-refractivity contribution in [3.05, 3.63) is 9.98 Å². The first kappa shape index (κ1) is 9.43. The van der Waals surface area contributed by atoms with E-state index in [9.17, 15) is 0 Å². The zero-order chi connectivity index (χ0) is 9.26. The van der Waals surface area contributed by atoms with Crippen LogP contribution in [0, 0.1) is 5.92 Å². The highest BCUT2D eigenvalue weighted by atomic mass is 79.9. The summed E-state index contributed by atoms with van der Waals surface area (Å²) in [6.45, 7) is 2.25. The van der Waals surface area contributed by atoms with Crippen LogP contribution in [-0.4, -0.2) is 29.8 Å². The van der Waals surface area contributed by atoms with Crippen LogP contribution in [0.2, 0.25) is 0 Å². The van der Waals surface area contributed by atoms with Crippen molar-refractivity contribution in [2.24, 2.45) is 5.92 Å². The number of nitrogens with zero attached hydrogens (tertiary/aromatic N) is 2. The Labute approximate surface area is 89.5 Å². The summed E-state index contributed by atoms with van der Waals surface area (Å²) < 4.78 is 0.903. The molecule has 1 saturated heterocycles. The molecule has 2 heterocycles. The van der Waals surface area contributed by atoms with Crippen LogP contribution in [0.5, 0.6) is 0 Å². The number of aromatic nitrogens is 1. The Morgan fingerprint density at radius 2 is 2.62 bits per heavy atom. The molecule has 0 amide bonds. The predicted molar refractivity (Wildman–Crippen MR) is 57.2 cm³/mol. The van der Waals surface area contributed by atoms with Gasteiger partial charge in [0.05, 0.1) is 0 Å². The molecule has 1 aliphatic heterocycles. The maximum Gasteiger partial charge on any atom is 0.186 e. The molecule has 0 aliphatic carbocycles. The smallest absolute Gasteiger partial charge is 0.186 e. The second kappa shape index (κ2) is 3.94. The summed E-state index contributed by atoms with van der Waals surface area (Å²) in [4.78, 5) is 6.57. The molecule has 1 N–H and O–H groups in total. The molecule has 1 aromatic rings. The first-order chi connectivity index (χ1) is 6.29. The Balaban J connectivity index is 2.03. The van der Waals surface area contributed by atoms with Crippen molar-refractivity contribution in [2.75, 3.05) is 24.6 Å². The standard InChI is InChI=1S/C8H11BrN2OS/c9-7-5-13-8(10-7)11-2-1-6(3-11)4-12/h5-6,12H,1-4H2. The molecule has 0 saturated carbocycles. The minimum Gasteiger partial charge on any atom is -0.396 e. The molecular weight excluding hydrogens is 252 g/mol. The highest BCUT2D eigenvalue weighted by Gasteiger charge is 2.23. The molecule has 1 fully saturated rings. The zero-order valence-corrected chi connectivity index (χ0v) is 9.51. The van der Waals surface area contributed by atoms with Crippen LogP contribution in [0.25, 0.3) is 0 Å². The summed E-state index contributed by atoms with van der Waals surface area (Å²) in [6, 6.07) is 0. The van der Waals surface area contributed by atoms with Gasteiger partial charge < -0.3 is 10.0 Å². The van der Waals surface area contributed by atoms with Crippen LogP contribution in [-0.2, 0) is 0 Å². The Kier molecular flexibility index (Phi) is 2.86. The molecule has 2 rings (SSSR count). The lowest BCUT2D eigenvalue weighted by Gasteiger charge is -2.13. The van der Waals surface area contributed by atoms with Crippen molar-refractivity contribution < 1.29 is 5.11 Å². The van der Waals surface area contributed by atoms with E-state index in [0.29, 0.717) is 12.5 Å². The number of hydrogen-bond donors (Lipinski definition) is 1. The maximum atomic E-state index is 8.98. The Morgan fingerprint density at radius 1 is 1.77 bits per heavy atom. The lowest BCUT2D eigenvalue weighted by atomic mass is 10.1. The highest BCUT2D eigenvalue weighted by molar-refractivity contribution is 9.10. The molecule has 1 unspecified atom stereocenters. The van der Waals surface area contributed by atoms with Crippen LogP contribution < -0.4 is 4.90 Å². The summed E-state index contributed by atoms with van der Waals surface area (Å²) in [5.41, 5.74) is 0. The minimum atomic E-state index is 0.295. The Bertz CT molecular complexity index is 291. The molecule has 1 atom stereocenters. The number of thiazole rings is 1. The van der Waals surface area contributed by atoms with Gasteiger partial charge in [0.25, 0.3) is 0 Å².